The summed E-state index contributed by atoms with van der Waals surface area (Å²) in [5, 5.41) is 0. The molecule has 5 nitrogen and oxygen atoms in total. The molecule has 0 aromatic carbocycles. The smallest absolute Gasteiger partial charge is 0.307 e. The number of unbranched alkanes of at least 4 members (excludes halogenated alkanes) is 2. The van der Waals surface area contributed by atoms with Crippen molar-refractivity contribution in [2.24, 2.45) is 0 Å². The van der Waals surface area contributed by atoms with Crippen molar-refractivity contribution in [3.05, 3.63) is 29.1 Å². The van der Waals surface area contributed by atoms with Gasteiger partial charge in [0.25, 0.3) is 5.91 Å². The van der Waals surface area contributed by atoms with Gasteiger partial charge < -0.3 is 9.15 Å². The summed E-state index contributed by atoms with van der Waals surface area (Å²) >= 11 is 6.42. The third-order valence-corrected chi connectivity index (χ3v) is 4.62. The normalized spacial score (nSPS) is 16.4. The number of furan rings is 1. The number of hydrogen-bond acceptors (Lipinski definition) is 6. The second-order valence-corrected chi connectivity index (χ2v) is 6.70. The lowest BCUT2D eigenvalue weighted by atomic mass is 10.3. The van der Waals surface area contributed by atoms with Crippen molar-refractivity contribution in [1.29, 1.82) is 0 Å². The predicted molar refractivity (Wildman–Crippen MR) is 93.7 cm³/mol. The summed E-state index contributed by atoms with van der Waals surface area (Å²) in [6, 6.07) is 3.52. The van der Waals surface area contributed by atoms with Crippen molar-refractivity contribution in [1.82, 2.24) is 4.90 Å². The van der Waals surface area contributed by atoms with Crippen molar-refractivity contribution < 1.29 is 18.7 Å². The molecule has 0 saturated carbocycles. The van der Waals surface area contributed by atoms with E-state index in [1.54, 1.807) is 24.5 Å². The molecule has 0 N–H and O–H groups in total. The number of rotatable bonds is 8. The van der Waals surface area contributed by atoms with Crippen molar-refractivity contribution in [2.75, 3.05) is 13.2 Å². The molecule has 7 heteroatoms. The zero-order valence-corrected chi connectivity index (χ0v) is 14.6. The van der Waals surface area contributed by atoms with E-state index in [9.17, 15) is 9.59 Å². The summed E-state index contributed by atoms with van der Waals surface area (Å²) in [6.45, 7) is 2.77. The van der Waals surface area contributed by atoms with Gasteiger partial charge in [-0.2, -0.15) is 0 Å². The molecule has 0 aliphatic carbocycles. The largest absolute Gasteiger partial charge is 0.466 e. The first-order valence-corrected chi connectivity index (χ1v) is 8.78. The van der Waals surface area contributed by atoms with E-state index in [-0.39, 0.29) is 24.8 Å². The van der Waals surface area contributed by atoms with Crippen molar-refractivity contribution >= 4 is 46.3 Å². The van der Waals surface area contributed by atoms with Crippen molar-refractivity contribution in [2.45, 2.75) is 32.6 Å². The number of carbonyl (C=O) groups excluding carboxylic acids is 2. The zero-order chi connectivity index (χ0) is 16.7. The molecule has 1 aromatic rings. The molecule has 2 heterocycles. The van der Waals surface area contributed by atoms with Gasteiger partial charge in [-0.25, -0.2) is 0 Å². The van der Waals surface area contributed by atoms with Gasteiger partial charge in [0.15, 0.2) is 0 Å². The van der Waals surface area contributed by atoms with Crippen LogP contribution in [0.3, 0.4) is 0 Å². The molecule has 0 spiro atoms. The third kappa shape index (κ3) is 5.21. The summed E-state index contributed by atoms with van der Waals surface area (Å²) in [5.41, 5.74) is 0. The van der Waals surface area contributed by atoms with Crippen LogP contribution in [0.5, 0.6) is 0 Å². The Morgan fingerprint density at radius 1 is 1.48 bits per heavy atom. The molecule has 1 aliphatic rings. The molecule has 1 saturated heterocycles. The molecule has 0 atom stereocenters. The van der Waals surface area contributed by atoms with E-state index in [2.05, 4.69) is 6.92 Å². The average Bonchev–Trinajstić information content (AvgIpc) is 3.12. The predicted octanol–water partition coefficient (Wildman–Crippen LogP) is 3.60. The van der Waals surface area contributed by atoms with E-state index in [4.69, 9.17) is 21.4 Å². The van der Waals surface area contributed by atoms with Crippen LogP contribution in [0.4, 0.5) is 0 Å². The molecule has 1 fully saturated rings. The van der Waals surface area contributed by atoms with E-state index in [1.807, 2.05) is 0 Å². The Balaban J connectivity index is 1.82. The molecule has 1 aliphatic heterocycles. The highest BCUT2D eigenvalue weighted by Gasteiger charge is 2.32. The van der Waals surface area contributed by atoms with E-state index in [0.717, 1.165) is 19.3 Å². The van der Waals surface area contributed by atoms with Crippen LogP contribution in [0.2, 0.25) is 0 Å². The summed E-state index contributed by atoms with van der Waals surface area (Å²) in [5.74, 6) is 0.0983. The lowest BCUT2D eigenvalue weighted by Gasteiger charge is -2.13. The first-order chi connectivity index (χ1) is 11.1. The minimum absolute atomic E-state index is 0.145. The lowest BCUT2D eigenvalue weighted by molar-refractivity contribution is -0.144. The summed E-state index contributed by atoms with van der Waals surface area (Å²) in [4.78, 5) is 25.9. The second kappa shape index (κ2) is 8.88. The Labute approximate surface area is 145 Å². The number of ether oxygens (including phenoxy) is 1. The Hall–Kier alpha value is -1.60. The van der Waals surface area contributed by atoms with Gasteiger partial charge >= 0.3 is 5.97 Å². The molecular formula is C16H19NO4S2. The molecule has 0 unspecified atom stereocenters. The Morgan fingerprint density at radius 2 is 2.30 bits per heavy atom. The Bertz CT molecular complexity index is 595. The molecular weight excluding hydrogens is 334 g/mol. The van der Waals surface area contributed by atoms with Gasteiger partial charge in [-0.15, -0.1) is 0 Å². The molecule has 0 bridgehead atoms. The molecule has 23 heavy (non-hydrogen) atoms. The molecule has 1 aromatic heterocycles. The van der Waals surface area contributed by atoms with Gasteiger partial charge in [0.05, 0.1) is 24.2 Å². The number of thiocarbonyl (C=S) groups is 1. The number of amides is 1. The number of esters is 1. The highest BCUT2D eigenvalue weighted by Crippen LogP contribution is 2.32. The second-order valence-electron chi connectivity index (χ2n) is 5.03. The fourth-order valence-corrected chi connectivity index (χ4v) is 3.30. The van der Waals surface area contributed by atoms with Gasteiger partial charge in [-0.05, 0) is 18.6 Å². The quantitative estimate of drug-likeness (QED) is 0.308. The van der Waals surface area contributed by atoms with Crippen LogP contribution in [-0.4, -0.2) is 34.2 Å². The van der Waals surface area contributed by atoms with E-state index in [1.165, 1.54) is 16.7 Å². The zero-order valence-electron chi connectivity index (χ0n) is 12.9. The SMILES string of the molecule is CCCCCOC(=O)CCN1C(=O)/C(=C/c2ccco2)SC1=S. The fraction of sp³-hybridized carbons (Fsp3) is 0.438. The molecule has 2 rings (SSSR count). The van der Waals surface area contributed by atoms with E-state index in [0.29, 0.717) is 21.6 Å². The standard InChI is InChI=1S/C16H19NO4S2/c1-2-3-4-9-21-14(18)7-8-17-15(19)13(23-16(17)22)11-12-6-5-10-20-12/h5-6,10-11H,2-4,7-9H2,1H3/b13-11-. The summed E-state index contributed by atoms with van der Waals surface area (Å²) in [7, 11) is 0. The van der Waals surface area contributed by atoms with Gasteiger partial charge in [0.2, 0.25) is 0 Å². The van der Waals surface area contributed by atoms with E-state index >= 15 is 0 Å². The topological polar surface area (TPSA) is 59.8 Å². The third-order valence-electron chi connectivity index (χ3n) is 3.24. The van der Waals surface area contributed by atoms with Crippen LogP contribution >= 0.6 is 24.0 Å². The Morgan fingerprint density at radius 3 is 3.00 bits per heavy atom. The van der Waals surface area contributed by atoms with Crippen molar-refractivity contribution in [3.63, 3.8) is 0 Å². The van der Waals surface area contributed by atoms with Crippen LogP contribution in [0.1, 0.15) is 38.4 Å². The lowest BCUT2D eigenvalue weighted by Crippen LogP contribution is -2.30. The minimum Gasteiger partial charge on any atom is -0.466 e. The number of carbonyl (C=O) groups is 2. The highest BCUT2D eigenvalue weighted by atomic mass is 32.2. The van der Waals surface area contributed by atoms with Gasteiger partial charge in [-0.1, -0.05) is 43.7 Å². The first-order valence-electron chi connectivity index (χ1n) is 7.56. The number of thioether (sulfide) groups is 1. The molecule has 1 amide bonds. The molecule has 124 valence electrons. The maximum atomic E-state index is 12.3. The maximum absolute atomic E-state index is 12.3. The van der Waals surface area contributed by atoms with Crippen molar-refractivity contribution in [3.8, 4) is 0 Å². The number of nitrogens with zero attached hydrogens (tertiary/aromatic N) is 1. The van der Waals surface area contributed by atoms with Gasteiger partial charge in [-0.3, -0.25) is 14.5 Å². The van der Waals surface area contributed by atoms with Crippen LogP contribution in [0, 0.1) is 0 Å². The first kappa shape index (κ1) is 17.7. The average molecular weight is 353 g/mol. The van der Waals surface area contributed by atoms with E-state index < -0.39 is 0 Å². The van der Waals surface area contributed by atoms with Gasteiger partial charge in [0, 0.05) is 12.6 Å². The Kier molecular flexibility index (Phi) is 6.85. The highest BCUT2D eigenvalue weighted by molar-refractivity contribution is 8.26. The minimum atomic E-state index is -0.301. The molecule has 0 radical (unpaired) electrons. The summed E-state index contributed by atoms with van der Waals surface area (Å²) < 4.78 is 10.8. The fourth-order valence-electron chi connectivity index (χ4n) is 2.01. The number of hydrogen-bond donors (Lipinski definition) is 0. The van der Waals surface area contributed by atoms with Crippen LogP contribution in [0.25, 0.3) is 6.08 Å². The van der Waals surface area contributed by atoms with Crippen LogP contribution < -0.4 is 0 Å². The van der Waals surface area contributed by atoms with Gasteiger partial charge in [0.1, 0.15) is 10.1 Å². The van der Waals surface area contributed by atoms with Crippen LogP contribution in [0.15, 0.2) is 27.7 Å². The maximum Gasteiger partial charge on any atom is 0.307 e. The summed E-state index contributed by atoms with van der Waals surface area (Å²) in [6.07, 6.45) is 6.33. The van der Waals surface area contributed by atoms with Crippen LogP contribution in [-0.2, 0) is 14.3 Å². The monoisotopic (exact) mass is 353 g/mol.